The van der Waals surface area contributed by atoms with Crippen LogP contribution in [-0.4, -0.2) is 37.1 Å². The van der Waals surface area contributed by atoms with Crippen molar-refractivity contribution in [1.29, 1.82) is 0 Å². The Morgan fingerprint density at radius 2 is 1.73 bits per heavy atom. The van der Waals surface area contributed by atoms with E-state index in [2.05, 4.69) is 38.0 Å². The summed E-state index contributed by atoms with van der Waals surface area (Å²) in [6.07, 6.45) is 5.25. The van der Waals surface area contributed by atoms with E-state index in [1.54, 1.807) is 0 Å². The van der Waals surface area contributed by atoms with Gasteiger partial charge in [0.1, 0.15) is 0 Å². The number of nitrogens with one attached hydrogen (secondary N) is 1. The first-order valence-corrected chi connectivity index (χ1v) is 6.54. The normalized spacial score (nSPS) is 22.2. The standard InChI is InChI=1S/C13H28N2/c1-5-12(6-2)11-15-9-7-13(3,14-4)8-10-15/h12,14H,5-11H2,1-4H3. The fraction of sp³-hybridized carbons (Fsp3) is 1.00. The van der Waals surface area contributed by atoms with Gasteiger partial charge in [-0.15, -0.1) is 0 Å². The molecule has 0 aromatic heterocycles. The van der Waals surface area contributed by atoms with Gasteiger partial charge in [-0.1, -0.05) is 26.7 Å². The number of rotatable bonds is 5. The Bertz CT molecular complexity index is 167. The summed E-state index contributed by atoms with van der Waals surface area (Å²) in [6.45, 7) is 10.8. The molecule has 1 aliphatic rings. The van der Waals surface area contributed by atoms with Gasteiger partial charge in [-0.2, -0.15) is 0 Å². The predicted octanol–water partition coefficient (Wildman–Crippen LogP) is 2.50. The van der Waals surface area contributed by atoms with Crippen LogP contribution in [0.15, 0.2) is 0 Å². The number of nitrogens with zero attached hydrogens (tertiary/aromatic N) is 1. The Kier molecular flexibility index (Phi) is 5.07. The summed E-state index contributed by atoms with van der Waals surface area (Å²) in [5.41, 5.74) is 0.393. The number of hydrogen-bond acceptors (Lipinski definition) is 2. The molecule has 0 spiro atoms. The summed E-state index contributed by atoms with van der Waals surface area (Å²) in [4.78, 5) is 2.65. The topological polar surface area (TPSA) is 15.3 Å². The third kappa shape index (κ3) is 3.76. The van der Waals surface area contributed by atoms with Crippen molar-refractivity contribution in [3.8, 4) is 0 Å². The van der Waals surface area contributed by atoms with Crippen LogP contribution in [0, 0.1) is 5.92 Å². The molecule has 0 atom stereocenters. The first kappa shape index (κ1) is 13.0. The molecular weight excluding hydrogens is 184 g/mol. The van der Waals surface area contributed by atoms with E-state index in [4.69, 9.17) is 0 Å². The molecule has 15 heavy (non-hydrogen) atoms. The molecule has 1 fully saturated rings. The molecule has 1 rings (SSSR count). The van der Waals surface area contributed by atoms with Gasteiger partial charge in [0.05, 0.1) is 0 Å². The fourth-order valence-corrected chi connectivity index (χ4v) is 2.39. The van der Waals surface area contributed by atoms with Crippen LogP contribution in [0.1, 0.15) is 46.5 Å². The highest BCUT2D eigenvalue weighted by Crippen LogP contribution is 2.22. The second kappa shape index (κ2) is 5.86. The molecule has 0 unspecified atom stereocenters. The Hall–Kier alpha value is -0.0800. The minimum absolute atomic E-state index is 0.393. The van der Waals surface area contributed by atoms with Crippen molar-refractivity contribution in [3.63, 3.8) is 0 Å². The van der Waals surface area contributed by atoms with Gasteiger partial charge in [-0.25, -0.2) is 0 Å². The highest BCUT2D eigenvalue weighted by Gasteiger charge is 2.28. The van der Waals surface area contributed by atoms with Crippen LogP contribution in [0.4, 0.5) is 0 Å². The Balaban J connectivity index is 2.31. The van der Waals surface area contributed by atoms with Gasteiger partial charge in [-0.05, 0) is 45.8 Å². The third-order valence-corrected chi connectivity index (χ3v) is 4.23. The lowest BCUT2D eigenvalue weighted by Gasteiger charge is -2.40. The van der Waals surface area contributed by atoms with E-state index in [1.807, 2.05) is 0 Å². The van der Waals surface area contributed by atoms with Gasteiger partial charge in [0.15, 0.2) is 0 Å². The molecule has 2 heteroatoms. The van der Waals surface area contributed by atoms with Gasteiger partial charge in [0.2, 0.25) is 0 Å². The van der Waals surface area contributed by atoms with Gasteiger partial charge >= 0.3 is 0 Å². The molecule has 1 N–H and O–H groups in total. The van der Waals surface area contributed by atoms with Crippen LogP contribution < -0.4 is 5.32 Å². The fourth-order valence-electron chi connectivity index (χ4n) is 2.39. The van der Waals surface area contributed by atoms with E-state index in [1.165, 1.54) is 45.3 Å². The van der Waals surface area contributed by atoms with Crippen molar-refractivity contribution in [2.24, 2.45) is 5.92 Å². The average Bonchev–Trinajstić information content (AvgIpc) is 2.28. The van der Waals surface area contributed by atoms with Gasteiger partial charge in [0, 0.05) is 12.1 Å². The van der Waals surface area contributed by atoms with Crippen LogP contribution in [0.2, 0.25) is 0 Å². The summed E-state index contributed by atoms with van der Waals surface area (Å²) < 4.78 is 0. The molecule has 0 bridgehead atoms. The van der Waals surface area contributed by atoms with Crippen LogP contribution in [0.25, 0.3) is 0 Å². The van der Waals surface area contributed by atoms with Crippen LogP contribution in [-0.2, 0) is 0 Å². The lowest BCUT2D eigenvalue weighted by Crippen LogP contribution is -2.50. The van der Waals surface area contributed by atoms with Crippen molar-refractivity contribution >= 4 is 0 Å². The Morgan fingerprint density at radius 3 is 2.13 bits per heavy atom. The first-order chi connectivity index (χ1) is 7.13. The van der Waals surface area contributed by atoms with E-state index in [0.29, 0.717) is 5.54 Å². The van der Waals surface area contributed by atoms with E-state index in [-0.39, 0.29) is 0 Å². The molecule has 0 aromatic rings. The minimum atomic E-state index is 0.393. The molecule has 0 aromatic carbocycles. The molecular formula is C13H28N2. The Morgan fingerprint density at radius 1 is 1.20 bits per heavy atom. The maximum Gasteiger partial charge on any atom is 0.0174 e. The van der Waals surface area contributed by atoms with Crippen LogP contribution >= 0.6 is 0 Å². The zero-order chi connectivity index (χ0) is 11.3. The summed E-state index contributed by atoms with van der Waals surface area (Å²) >= 11 is 0. The molecule has 1 heterocycles. The largest absolute Gasteiger partial charge is 0.314 e. The van der Waals surface area contributed by atoms with Crippen molar-refractivity contribution in [3.05, 3.63) is 0 Å². The summed E-state index contributed by atoms with van der Waals surface area (Å²) in [5, 5.41) is 3.46. The lowest BCUT2D eigenvalue weighted by molar-refractivity contribution is 0.132. The molecule has 0 aliphatic carbocycles. The maximum absolute atomic E-state index is 3.46. The van der Waals surface area contributed by atoms with Crippen molar-refractivity contribution in [2.45, 2.75) is 52.0 Å². The van der Waals surface area contributed by atoms with E-state index < -0.39 is 0 Å². The van der Waals surface area contributed by atoms with E-state index in [9.17, 15) is 0 Å². The predicted molar refractivity (Wildman–Crippen MR) is 67.2 cm³/mol. The second-order valence-corrected chi connectivity index (χ2v) is 5.29. The highest BCUT2D eigenvalue weighted by molar-refractivity contribution is 4.88. The van der Waals surface area contributed by atoms with E-state index in [0.717, 1.165) is 5.92 Å². The van der Waals surface area contributed by atoms with E-state index >= 15 is 0 Å². The first-order valence-electron chi connectivity index (χ1n) is 6.54. The zero-order valence-electron chi connectivity index (χ0n) is 11.0. The van der Waals surface area contributed by atoms with Gasteiger partial charge in [-0.3, -0.25) is 0 Å². The molecule has 1 aliphatic heterocycles. The number of piperidine rings is 1. The average molecular weight is 212 g/mol. The van der Waals surface area contributed by atoms with Crippen molar-refractivity contribution < 1.29 is 0 Å². The van der Waals surface area contributed by atoms with Crippen molar-refractivity contribution in [1.82, 2.24) is 10.2 Å². The molecule has 2 nitrogen and oxygen atoms in total. The summed E-state index contributed by atoms with van der Waals surface area (Å²) in [6, 6.07) is 0. The monoisotopic (exact) mass is 212 g/mol. The molecule has 0 radical (unpaired) electrons. The maximum atomic E-state index is 3.46. The number of hydrogen-bond donors (Lipinski definition) is 1. The Labute approximate surface area is 95.4 Å². The summed E-state index contributed by atoms with van der Waals surface area (Å²) in [5.74, 6) is 0.906. The second-order valence-electron chi connectivity index (χ2n) is 5.29. The highest BCUT2D eigenvalue weighted by atomic mass is 15.1. The smallest absolute Gasteiger partial charge is 0.0174 e. The minimum Gasteiger partial charge on any atom is -0.314 e. The van der Waals surface area contributed by atoms with Gasteiger partial charge < -0.3 is 10.2 Å². The van der Waals surface area contributed by atoms with Gasteiger partial charge in [0.25, 0.3) is 0 Å². The molecule has 0 amide bonds. The quantitative estimate of drug-likeness (QED) is 0.753. The zero-order valence-corrected chi connectivity index (χ0v) is 11.0. The van der Waals surface area contributed by atoms with Crippen LogP contribution in [0.3, 0.4) is 0 Å². The van der Waals surface area contributed by atoms with Crippen molar-refractivity contribution in [2.75, 3.05) is 26.7 Å². The SMILES string of the molecule is CCC(CC)CN1CCC(C)(NC)CC1. The summed E-state index contributed by atoms with van der Waals surface area (Å²) in [7, 11) is 2.09. The molecule has 90 valence electrons. The van der Waals surface area contributed by atoms with Crippen LogP contribution in [0.5, 0.6) is 0 Å². The third-order valence-electron chi connectivity index (χ3n) is 4.23. The lowest BCUT2D eigenvalue weighted by atomic mass is 9.89. The molecule has 1 saturated heterocycles. The molecule has 0 saturated carbocycles. The number of likely N-dealkylation sites (tertiary alicyclic amines) is 1.